The van der Waals surface area contributed by atoms with E-state index in [1.54, 1.807) is 49.8 Å². The molecule has 1 aliphatic rings. The number of nitrogens with zero attached hydrogens (tertiary/aromatic N) is 3. The van der Waals surface area contributed by atoms with Crippen molar-refractivity contribution in [3.63, 3.8) is 0 Å². The number of carbonyl (C=O) groups excluding carboxylic acids is 1. The number of sulfone groups is 1. The first-order chi connectivity index (χ1) is 21.2. The van der Waals surface area contributed by atoms with Crippen LogP contribution in [0.2, 0.25) is 5.02 Å². The van der Waals surface area contributed by atoms with Crippen LogP contribution in [-0.4, -0.2) is 50.1 Å². The van der Waals surface area contributed by atoms with Crippen LogP contribution >= 0.6 is 11.6 Å². The molecule has 0 saturated heterocycles. The summed E-state index contributed by atoms with van der Waals surface area (Å²) in [7, 11) is -3.24. The van der Waals surface area contributed by atoms with Crippen molar-refractivity contribution >= 4 is 55.6 Å². The van der Waals surface area contributed by atoms with Gasteiger partial charge in [-0.3, -0.25) is 14.2 Å². The van der Waals surface area contributed by atoms with Gasteiger partial charge in [-0.25, -0.2) is 26.4 Å². The van der Waals surface area contributed by atoms with Gasteiger partial charge in [0, 0.05) is 30.5 Å². The number of aryl methyl sites for hydroxylation is 1. The maximum atomic E-state index is 14.1. The van der Waals surface area contributed by atoms with E-state index in [2.05, 4.69) is 27.0 Å². The van der Waals surface area contributed by atoms with E-state index in [4.69, 9.17) is 16.6 Å². The number of halogens is 3. The molecule has 1 aliphatic carbocycles. The van der Waals surface area contributed by atoms with Gasteiger partial charge in [-0.15, -0.1) is 0 Å². The van der Waals surface area contributed by atoms with Gasteiger partial charge in [-0.05, 0) is 74.9 Å². The fourth-order valence-electron chi connectivity index (χ4n) is 5.20. The molecule has 45 heavy (non-hydrogen) atoms. The largest absolute Gasteiger partial charge is 0.350 e. The van der Waals surface area contributed by atoms with Crippen molar-refractivity contribution in [2.45, 2.75) is 49.1 Å². The van der Waals surface area contributed by atoms with Crippen molar-refractivity contribution in [3.8, 4) is 23.0 Å². The van der Waals surface area contributed by atoms with Crippen LogP contribution in [0.15, 0.2) is 42.5 Å². The maximum Gasteiger partial charge on any atom is 0.207 e. The number of pyridine rings is 1. The average Bonchev–Trinajstić information content (AvgIpc) is 3.76. The van der Waals surface area contributed by atoms with Crippen molar-refractivity contribution in [1.82, 2.24) is 20.1 Å². The lowest BCUT2D eigenvalue weighted by Crippen LogP contribution is -2.33. The van der Waals surface area contributed by atoms with Crippen LogP contribution in [0.4, 0.5) is 14.6 Å². The summed E-state index contributed by atoms with van der Waals surface area (Å²) >= 11 is 6.58. The summed E-state index contributed by atoms with van der Waals surface area (Å²) in [6.07, 6.45) is 3.12. The lowest BCUT2D eigenvalue weighted by Gasteiger charge is -2.21. The summed E-state index contributed by atoms with van der Waals surface area (Å²) in [6.45, 7) is 3.11. The summed E-state index contributed by atoms with van der Waals surface area (Å²) < 4.78 is 69.2. The zero-order valence-corrected chi connectivity index (χ0v) is 27.2. The fourth-order valence-corrected chi connectivity index (χ4v) is 7.64. The predicted molar refractivity (Wildman–Crippen MR) is 172 cm³/mol. The Morgan fingerprint density at radius 1 is 1.16 bits per heavy atom. The van der Waals surface area contributed by atoms with E-state index in [9.17, 15) is 26.2 Å². The monoisotopic (exact) mass is 673 g/mol. The van der Waals surface area contributed by atoms with Gasteiger partial charge in [0.1, 0.15) is 33.1 Å². The molecule has 14 heteroatoms. The van der Waals surface area contributed by atoms with E-state index < -0.39 is 48.5 Å². The van der Waals surface area contributed by atoms with E-state index in [0.717, 1.165) is 6.07 Å². The van der Waals surface area contributed by atoms with Crippen molar-refractivity contribution in [2.24, 2.45) is 7.05 Å². The van der Waals surface area contributed by atoms with Crippen LogP contribution < -0.4 is 10.0 Å². The minimum atomic E-state index is -3.49. The van der Waals surface area contributed by atoms with Crippen LogP contribution in [0, 0.1) is 23.5 Å². The second-order valence-electron chi connectivity index (χ2n) is 11.3. The van der Waals surface area contributed by atoms with E-state index in [-0.39, 0.29) is 17.7 Å². The number of benzene rings is 2. The minimum Gasteiger partial charge on any atom is -0.350 e. The second kappa shape index (κ2) is 12.5. The molecule has 0 bridgehead atoms. The third-order valence-electron chi connectivity index (χ3n) is 7.52. The molecule has 0 aliphatic heterocycles. The van der Waals surface area contributed by atoms with Gasteiger partial charge < -0.3 is 5.32 Å². The second-order valence-corrected chi connectivity index (χ2v) is 15.6. The molecule has 2 unspecified atom stereocenters. The zero-order chi connectivity index (χ0) is 32.7. The maximum absolute atomic E-state index is 14.1. The van der Waals surface area contributed by atoms with Crippen LogP contribution in [-0.2, 0) is 39.1 Å². The first-order valence-electron chi connectivity index (χ1n) is 13.9. The van der Waals surface area contributed by atoms with Crippen molar-refractivity contribution in [1.29, 1.82) is 0 Å². The fraction of sp³-hybridized carbons (Fsp3) is 0.323. The Morgan fingerprint density at radius 3 is 2.44 bits per heavy atom. The molecule has 0 radical (unpaired) electrons. The quantitative estimate of drug-likeness (QED) is 0.180. The van der Waals surface area contributed by atoms with Crippen molar-refractivity contribution in [2.75, 3.05) is 11.0 Å². The lowest BCUT2D eigenvalue weighted by molar-refractivity contribution is -0.110. The Bertz CT molecular complexity index is 2000. The topological polar surface area (TPSA) is 123 Å². The molecule has 4 aromatic rings. The number of nitrogens with one attached hydrogen (secondary N) is 2. The molecule has 5 rings (SSSR count). The Morgan fingerprint density at radius 2 is 1.82 bits per heavy atom. The highest BCUT2D eigenvalue weighted by molar-refractivity contribution is 7.93. The average molecular weight is 674 g/mol. The van der Waals surface area contributed by atoms with Crippen LogP contribution in [0.1, 0.15) is 49.7 Å². The van der Waals surface area contributed by atoms with Crippen LogP contribution in [0.5, 0.6) is 0 Å². The summed E-state index contributed by atoms with van der Waals surface area (Å²) in [5.74, 6) is 4.52. The van der Waals surface area contributed by atoms with Gasteiger partial charge in [0.15, 0.2) is 15.7 Å². The SMILES string of the molecule is Cn1nc(NS(C)=O)c2c(Cl)ccc(-c3ccc(C#CC(C)(C)S(=O)(=O)C4CC4)nc3C(Cc3cc(F)cc(F)c3)NC=O)c21. The highest BCUT2D eigenvalue weighted by Crippen LogP contribution is 2.40. The number of carbonyl (C=O) groups is 1. The Balaban J connectivity index is 1.71. The molecule has 2 aromatic carbocycles. The molecule has 2 N–H and O–H groups in total. The number of rotatable bonds is 10. The van der Waals surface area contributed by atoms with E-state index in [1.807, 2.05) is 0 Å². The first-order valence-corrected chi connectivity index (χ1v) is 17.4. The Labute approximate surface area is 267 Å². The van der Waals surface area contributed by atoms with E-state index in [0.29, 0.717) is 57.8 Å². The van der Waals surface area contributed by atoms with Crippen molar-refractivity contribution < 1.29 is 26.2 Å². The molecule has 2 aromatic heterocycles. The highest BCUT2D eigenvalue weighted by atomic mass is 35.5. The molecular weight excluding hydrogens is 644 g/mol. The zero-order valence-electron chi connectivity index (χ0n) is 24.8. The third kappa shape index (κ3) is 6.73. The van der Waals surface area contributed by atoms with Gasteiger partial charge in [0.2, 0.25) is 6.41 Å². The Hall–Kier alpha value is -3.86. The van der Waals surface area contributed by atoms with E-state index in [1.165, 1.54) is 18.4 Å². The van der Waals surface area contributed by atoms with Crippen molar-refractivity contribution in [3.05, 3.63) is 76.1 Å². The van der Waals surface area contributed by atoms with Gasteiger partial charge in [-0.1, -0.05) is 23.6 Å². The normalized spacial score (nSPS) is 14.8. The number of aromatic nitrogens is 3. The number of hydrogen-bond donors (Lipinski definition) is 2. The molecule has 2 heterocycles. The molecule has 1 amide bonds. The molecule has 1 fully saturated rings. The summed E-state index contributed by atoms with van der Waals surface area (Å²) in [4.78, 5) is 16.6. The van der Waals surface area contributed by atoms with Gasteiger partial charge in [0.05, 0.1) is 32.9 Å². The first kappa shape index (κ1) is 32.5. The molecule has 236 valence electrons. The molecule has 9 nitrogen and oxygen atoms in total. The standard InChI is InChI=1S/C31H30ClF2N5O4S2/c1-31(2,45(42,43)22-6-7-22)12-11-21-5-8-23(24-9-10-25(32)27-29(24)39(3)37-30(27)38-44(4)41)28(36-21)26(35-17-40)15-18-13-19(33)16-20(34)14-18/h5,8-10,13-14,16-17,22,26H,6-7,15H2,1-4H3,(H,35,40)(H,37,38). The predicted octanol–water partition coefficient (Wildman–Crippen LogP) is 5.01. The third-order valence-corrected chi connectivity index (χ3v) is 11.2. The van der Waals surface area contributed by atoms with Gasteiger partial charge in [0.25, 0.3) is 0 Å². The highest BCUT2D eigenvalue weighted by Gasteiger charge is 2.45. The number of hydrogen-bond acceptors (Lipinski definition) is 6. The minimum absolute atomic E-state index is 0.0321. The molecule has 1 saturated carbocycles. The lowest BCUT2D eigenvalue weighted by atomic mass is 9.94. The van der Waals surface area contributed by atoms with Crippen LogP contribution in [0.3, 0.4) is 0 Å². The molecular formula is C31H30ClF2N5O4S2. The van der Waals surface area contributed by atoms with Gasteiger partial charge in [-0.2, -0.15) is 5.10 Å². The smallest absolute Gasteiger partial charge is 0.207 e. The summed E-state index contributed by atoms with van der Waals surface area (Å²) in [6, 6.07) is 8.95. The van der Waals surface area contributed by atoms with Gasteiger partial charge >= 0.3 is 0 Å². The summed E-state index contributed by atoms with van der Waals surface area (Å²) in [5, 5.41) is 7.63. The number of amides is 1. The number of anilines is 1. The number of fused-ring (bicyclic) bond motifs is 1. The Kier molecular flexibility index (Phi) is 9.04. The van der Waals surface area contributed by atoms with Crippen LogP contribution in [0.25, 0.3) is 22.0 Å². The molecule has 0 spiro atoms. The molecule has 2 atom stereocenters. The summed E-state index contributed by atoms with van der Waals surface area (Å²) in [5.41, 5.74) is 2.49. The van der Waals surface area contributed by atoms with E-state index >= 15 is 0 Å².